The zero-order valence-electron chi connectivity index (χ0n) is 14.5. The molecule has 3 amide bonds. The molecular weight excluding hydrogens is 346 g/mol. The number of nitrogens with one attached hydrogen (secondary N) is 3. The van der Waals surface area contributed by atoms with Crippen LogP contribution in [0.1, 0.15) is 0 Å². The van der Waals surface area contributed by atoms with Crippen molar-refractivity contribution in [2.24, 2.45) is 0 Å². The number of H-pyrrole nitrogens is 1. The summed E-state index contributed by atoms with van der Waals surface area (Å²) in [6, 6.07) is 14.3. The molecule has 0 fully saturated rings. The first-order valence-corrected chi connectivity index (χ1v) is 8.32. The number of carbonyl (C=O) groups excluding carboxylic acids is 2. The van der Waals surface area contributed by atoms with Gasteiger partial charge in [0.2, 0.25) is 0 Å². The van der Waals surface area contributed by atoms with Crippen LogP contribution in [-0.2, 0) is 4.79 Å². The van der Waals surface area contributed by atoms with Crippen LogP contribution in [-0.4, -0.2) is 35.8 Å². The molecule has 0 saturated heterocycles. The van der Waals surface area contributed by atoms with E-state index in [1.807, 2.05) is 30.3 Å². The lowest BCUT2D eigenvalue weighted by molar-refractivity contribution is -0.120. The maximum Gasteiger partial charge on any atom is 0.323 e. The van der Waals surface area contributed by atoms with Gasteiger partial charge in [0.15, 0.2) is 6.61 Å². The molecule has 136 valence electrons. The second-order valence-electron chi connectivity index (χ2n) is 6.03. The number of nitrogens with zero attached hydrogens (tertiary/aromatic N) is 2. The van der Waals surface area contributed by atoms with Gasteiger partial charge in [0.25, 0.3) is 5.91 Å². The van der Waals surface area contributed by atoms with Gasteiger partial charge in [0.05, 0.1) is 23.3 Å². The van der Waals surface area contributed by atoms with E-state index in [-0.39, 0.29) is 12.5 Å². The lowest BCUT2D eigenvalue weighted by Crippen LogP contribution is -2.35. The quantitative estimate of drug-likeness (QED) is 0.666. The van der Waals surface area contributed by atoms with E-state index in [1.165, 1.54) is 4.90 Å². The number of aromatic amines is 1. The van der Waals surface area contributed by atoms with Gasteiger partial charge in [-0.15, -0.1) is 0 Å². The predicted octanol–water partition coefficient (Wildman–Crippen LogP) is 3.08. The Balaban J connectivity index is 1.50. The molecule has 8 heteroatoms. The molecule has 0 atom stereocenters. The Labute approximate surface area is 155 Å². The van der Waals surface area contributed by atoms with Gasteiger partial charge in [0, 0.05) is 18.3 Å². The minimum Gasteiger partial charge on any atom is -0.482 e. The van der Waals surface area contributed by atoms with Gasteiger partial charge in [-0.2, -0.15) is 5.10 Å². The summed E-state index contributed by atoms with van der Waals surface area (Å²) in [5.41, 5.74) is 3.34. The molecule has 8 nitrogen and oxygen atoms in total. The molecule has 0 radical (unpaired) electrons. The Morgan fingerprint density at radius 1 is 1.19 bits per heavy atom. The molecule has 0 unspecified atom stereocenters. The first-order chi connectivity index (χ1) is 13.1. The van der Waals surface area contributed by atoms with E-state index in [2.05, 4.69) is 20.8 Å². The van der Waals surface area contributed by atoms with Gasteiger partial charge in [-0.25, -0.2) is 4.79 Å². The molecule has 27 heavy (non-hydrogen) atoms. The average molecular weight is 363 g/mol. The van der Waals surface area contributed by atoms with Crippen molar-refractivity contribution in [1.82, 2.24) is 10.2 Å². The summed E-state index contributed by atoms with van der Waals surface area (Å²) in [6.07, 6.45) is 1.55. The van der Waals surface area contributed by atoms with E-state index in [0.717, 1.165) is 11.3 Å². The highest BCUT2D eigenvalue weighted by molar-refractivity contribution is 6.03. The number of anilines is 3. The fraction of sp³-hybridized carbons (Fsp3) is 0.105. The summed E-state index contributed by atoms with van der Waals surface area (Å²) < 4.78 is 5.38. The number of aromatic nitrogens is 2. The molecule has 0 saturated carbocycles. The van der Waals surface area contributed by atoms with Crippen molar-refractivity contribution in [3.8, 4) is 17.0 Å². The number of ether oxygens (including phenoxy) is 1. The number of carbonyl (C=O) groups is 2. The second kappa shape index (κ2) is 6.83. The third kappa shape index (κ3) is 3.32. The molecule has 2 heterocycles. The number of likely N-dealkylation sites (N-methyl/N-ethyl adjacent to an activating group) is 1. The summed E-state index contributed by atoms with van der Waals surface area (Å²) in [5.74, 6) is 0.458. The van der Waals surface area contributed by atoms with E-state index in [9.17, 15) is 9.59 Å². The van der Waals surface area contributed by atoms with Crippen LogP contribution in [0.25, 0.3) is 11.3 Å². The lowest BCUT2D eigenvalue weighted by Gasteiger charge is -2.26. The fourth-order valence-electron chi connectivity index (χ4n) is 2.84. The normalized spacial score (nSPS) is 12.9. The van der Waals surface area contributed by atoms with Crippen LogP contribution in [0.3, 0.4) is 0 Å². The summed E-state index contributed by atoms with van der Waals surface area (Å²) in [5, 5.41) is 12.4. The van der Waals surface area contributed by atoms with Crippen LogP contribution < -0.4 is 20.3 Å². The fourth-order valence-corrected chi connectivity index (χ4v) is 2.84. The standard InChI is InChI=1S/C19H17N5O3/c1-24-15-9-13(7-8-16(15)27-11-17(24)25)21-19(26)22-14-10-20-23-18(14)12-5-3-2-4-6-12/h2-10H,11H2,1H3,(H,20,23)(H2,21,22,26). The zero-order chi connectivity index (χ0) is 18.8. The van der Waals surface area contributed by atoms with Gasteiger partial charge in [-0.1, -0.05) is 30.3 Å². The molecule has 1 aliphatic heterocycles. The molecule has 2 aromatic carbocycles. The second-order valence-corrected chi connectivity index (χ2v) is 6.03. The molecule has 1 aromatic heterocycles. The number of hydrogen-bond donors (Lipinski definition) is 3. The minimum absolute atomic E-state index is 0.0134. The highest BCUT2D eigenvalue weighted by Crippen LogP contribution is 2.33. The predicted molar refractivity (Wildman–Crippen MR) is 102 cm³/mol. The van der Waals surface area contributed by atoms with Gasteiger partial charge in [-0.05, 0) is 18.2 Å². The largest absolute Gasteiger partial charge is 0.482 e. The summed E-state index contributed by atoms with van der Waals surface area (Å²) in [7, 11) is 1.67. The van der Waals surface area contributed by atoms with Crippen LogP contribution in [0.5, 0.6) is 5.75 Å². The molecule has 0 spiro atoms. The number of urea groups is 1. The SMILES string of the molecule is CN1C(=O)COc2ccc(NC(=O)Nc3cn[nH]c3-c3ccccc3)cc21. The minimum atomic E-state index is -0.417. The van der Waals surface area contributed by atoms with E-state index < -0.39 is 6.03 Å². The smallest absolute Gasteiger partial charge is 0.323 e. The van der Waals surface area contributed by atoms with Crippen molar-refractivity contribution in [2.75, 3.05) is 29.2 Å². The van der Waals surface area contributed by atoms with Crippen molar-refractivity contribution >= 4 is 29.0 Å². The maximum atomic E-state index is 12.4. The number of rotatable bonds is 3. The third-order valence-electron chi connectivity index (χ3n) is 4.25. The monoisotopic (exact) mass is 363 g/mol. The third-order valence-corrected chi connectivity index (χ3v) is 4.25. The van der Waals surface area contributed by atoms with Gasteiger partial charge >= 0.3 is 6.03 Å². The Bertz CT molecular complexity index is 1000. The molecule has 3 aromatic rings. The Morgan fingerprint density at radius 3 is 2.81 bits per heavy atom. The van der Waals surface area contributed by atoms with Crippen LogP contribution in [0.2, 0.25) is 0 Å². The summed E-state index contributed by atoms with van der Waals surface area (Å²) >= 11 is 0. The highest BCUT2D eigenvalue weighted by atomic mass is 16.5. The number of benzene rings is 2. The zero-order valence-corrected chi connectivity index (χ0v) is 14.5. The average Bonchev–Trinajstić information content (AvgIpc) is 3.14. The highest BCUT2D eigenvalue weighted by Gasteiger charge is 2.22. The van der Waals surface area contributed by atoms with Crippen LogP contribution >= 0.6 is 0 Å². The molecule has 0 aliphatic carbocycles. The van der Waals surface area contributed by atoms with Gasteiger partial charge in [0.1, 0.15) is 5.75 Å². The Kier molecular flexibility index (Phi) is 4.21. The molecule has 1 aliphatic rings. The van der Waals surface area contributed by atoms with Crippen LogP contribution in [0, 0.1) is 0 Å². The van der Waals surface area contributed by atoms with E-state index in [0.29, 0.717) is 22.8 Å². The Morgan fingerprint density at radius 2 is 2.00 bits per heavy atom. The van der Waals surface area contributed by atoms with Crippen molar-refractivity contribution in [3.63, 3.8) is 0 Å². The summed E-state index contributed by atoms with van der Waals surface area (Å²) in [6.45, 7) is 0.0134. The van der Waals surface area contributed by atoms with E-state index in [1.54, 1.807) is 31.4 Å². The summed E-state index contributed by atoms with van der Waals surface area (Å²) in [4.78, 5) is 25.7. The topological polar surface area (TPSA) is 99.3 Å². The van der Waals surface area contributed by atoms with Crippen molar-refractivity contribution < 1.29 is 14.3 Å². The van der Waals surface area contributed by atoms with Gasteiger partial charge in [-0.3, -0.25) is 9.89 Å². The van der Waals surface area contributed by atoms with Crippen molar-refractivity contribution in [1.29, 1.82) is 0 Å². The molecule has 3 N–H and O–H groups in total. The van der Waals surface area contributed by atoms with Crippen LogP contribution in [0.15, 0.2) is 54.7 Å². The number of hydrogen-bond acceptors (Lipinski definition) is 4. The van der Waals surface area contributed by atoms with Crippen molar-refractivity contribution in [3.05, 3.63) is 54.7 Å². The molecule has 4 rings (SSSR count). The van der Waals surface area contributed by atoms with Crippen LogP contribution in [0.4, 0.5) is 21.9 Å². The van der Waals surface area contributed by atoms with Crippen molar-refractivity contribution in [2.45, 2.75) is 0 Å². The maximum absolute atomic E-state index is 12.4. The molecular formula is C19H17N5O3. The Hall–Kier alpha value is -3.81. The first kappa shape index (κ1) is 16.6. The lowest BCUT2D eigenvalue weighted by atomic mass is 10.1. The first-order valence-electron chi connectivity index (χ1n) is 8.32. The number of amides is 3. The van der Waals surface area contributed by atoms with Gasteiger partial charge < -0.3 is 20.3 Å². The molecule has 0 bridgehead atoms. The van der Waals surface area contributed by atoms with E-state index >= 15 is 0 Å². The van der Waals surface area contributed by atoms with E-state index in [4.69, 9.17) is 4.74 Å². The number of fused-ring (bicyclic) bond motifs is 1.